The van der Waals surface area contributed by atoms with Crippen molar-refractivity contribution in [1.82, 2.24) is 9.97 Å². The Labute approximate surface area is 103 Å². The maximum Gasteiger partial charge on any atom is 0.225 e. The molecule has 1 saturated heterocycles. The highest BCUT2D eigenvalue weighted by Gasteiger charge is 2.23. The largest absolute Gasteiger partial charge is 0.339 e. The fourth-order valence-electron chi connectivity index (χ4n) is 1.50. The topological polar surface area (TPSA) is 63.2 Å². The van der Waals surface area contributed by atoms with E-state index in [2.05, 4.69) is 25.9 Å². The third kappa shape index (κ3) is 2.52. The van der Waals surface area contributed by atoms with Crippen LogP contribution in [0.1, 0.15) is 5.69 Å². The molecule has 0 atom stereocenters. The standard InChI is InChI=1S/C9H12BrN3O2S/c1-7-8(10)6-11-9(12-7)13-2-4-16(14,15)5-3-13/h6H,2-5H2,1H3. The summed E-state index contributed by atoms with van der Waals surface area (Å²) in [6, 6.07) is 0. The number of aromatic nitrogens is 2. The van der Waals surface area contributed by atoms with E-state index in [-0.39, 0.29) is 11.5 Å². The van der Waals surface area contributed by atoms with Crippen molar-refractivity contribution in [3.05, 3.63) is 16.4 Å². The van der Waals surface area contributed by atoms with Gasteiger partial charge in [0.05, 0.1) is 21.7 Å². The lowest BCUT2D eigenvalue weighted by atomic mass is 10.4. The Morgan fingerprint density at radius 2 is 2.00 bits per heavy atom. The van der Waals surface area contributed by atoms with E-state index in [0.29, 0.717) is 19.0 Å². The minimum atomic E-state index is -2.85. The number of hydrogen-bond donors (Lipinski definition) is 0. The average Bonchev–Trinajstić information content (AvgIpc) is 2.22. The van der Waals surface area contributed by atoms with E-state index in [1.165, 1.54) is 0 Å². The molecule has 7 heteroatoms. The van der Waals surface area contributed by atoms with Crippen LogP contribution < -0.4 is 4.90 Å². The quantitative estimate of drug-likeness (QED) is 0.767. The second kappa shape index (κ2) is 4.29. The number of hydrogen-bond acceptors (Lipinski definition) is 5. The smallest absolute Gasteiger partial charge is 0.225 e. The van der Waals surface area contributed by atoms with E-state index >= 15 is 0 Å². The van der Waals surface area contributed by atoms with E-state index in [1.807, 2.05) is 11.8 Å². The predicted octanol–water partition coefficient (Wildman–Crippen LogP) is 0.782. The van der Waals surface area contributed by atoms with Crippen LogP contribution in [-0.2, 0) is 9.84 Å². The van der Waals surface area contributed by atoms with Crippen molar-refractivity contribution in [2.75, 3.05) is 29.5 Å². The van der Waals surface area contributed by atoms with Crippen LogP contribution >= 0.6 is 15.9 Å². The van der Waals surface area contributed by atoms with Gasteiger partial charge in [-0.1, -0.05) is 0 Å². The molecule has 0 unspecified atom stereocenters. The highest BCUT2D eigenvalue weighted by atomic mass is 79.9. The summed E-state index contributed by atoms with van der Waals surface area (Å²) in [5, 5.41) is 0. The molecular formula is C9H12BrN3O2S. The Balaban J connectivity index is 2.17. The van der Waals surface area contributed by atoms with Crippen LogP contribution in [0.3, 0.4) is 0 Å². The van der Waals surface area contributed by atoms with Crippen LogP contribution in [-0.4, -0.2) is 43.0 Å². The van der Waals surface area contributed by atoms with Gasteiger partial charge in [0.1, 0.15) is 0 Å². The first-order valence-corrected chi connectivity index (χ1v) is 7.54. The number of rotatable bonds is 1. The monoisotopic (exact) mass is 305 g/mol. The van der Waals surface area contributed by atoms with Crippen LogP contribution in [0.25, 0.3) is 0 Å². The molecule has 1 aromatic heterocycles. The molecule has 2 heterocycles. The Morgan fingerprint density at radius 3 is 2.56 bits per heavy atom. The third-order valence-electron chi connectivity index (χ3n) is 2.53. The molecule has 1 aliphatic heterocycles. The first-order valence-electron chi connectivity index (χ1n) is 4.92. The molecule has 0 bridgehead atoms. The van der Waals surface area contributed by atoms with Crippen molar-refractivity contribution >= 4 is 31.7 Å². The number of aryl methyl sites for hydroxylation is 1. The Morgan fingerprint density at radius 1 is 1.38 bits per heavy atom. The molecule has 5 nitrogen and oxygen atoms in total. The summed E-state index contributed by atoms with van der Waals surface area (Å²) >= 11 is 3.33. The summed E-state index contributed by atoms with van der Waals surface area (Å²) in [6.45, 7) is 2.84. The van der Waals surface area contributed by atoms with Crippen molar-refractivity contribution in [3.8, 4) is 0 Å². The third-order valence-corrected chi connectivity index (χ3v) is 4.92. The van der Waals surface area contributed by atoms with Gasteiger partial charge >= 0.3 is 0 Å². The molecule has 0 saturated carbocycles. The average molecular weight is 306 g/mol. The van der Waals surface area contributed by atoms with Crippen molar-refractivity contribution in [2.24, 2.45) is 0 Å². The lowest BCUT2D eigenvalue weighted by Gasteiger charge is -2.26. The molecule has 16 heavy (non-hydrogen) atoms. The van der Waals surface area contributed by atoms with Crippen LogP contribution in [0.2, 0.25) is 0 Å². The highest BCUT2D eigenvalue weighted by Crippen LogP contribution is 2.17. The van der Waals surface area contributed by atoms with Crippen LogP contribution in [0.5, 0.6) is 0 Å². The van der Waals surface area contributed by atoms with E-state index in [9.17, 15) is 8.42 Å². The maximum absolute atomic E-state index is 11.3. The van der Waals surface area contributed by atoms with Gasteiger partial charge in [0.2, 0.25) is 5.95 Å². The first-order chi connectivity index (χ1) is 7.48. The SMILES string of the molecule is Cc1nc(N2CCS(=O)(=O)CC2)ncc1Br. The minimum absolute atomic E-state index is 0.186. The number of nitrogens with zero attached hydrogens (tertiary/aromatic N) is 3. The summed E-state index contributed by atoms with van der Waals surface area (Å²) in [5.41, 5.74) is 0.860. The lowest BCUT2D eigenvalue weighted by molar-refractivity contribution is 0.585. The van der Waals surface area contributed by atoms with Gasteiger partial charge in [0.25, 0.3) is 0 Å². The number of halogens is 1. The molecule has 0 radical (unpaired) electrons. The molecule has 2 rings (SSSR count). The van der Waals surface area contributed by atoms with Crippen LogP contribution in [0, 0.1) is 6.92 Å². The van der Waals surface area contributed by atoms with E-state index in [0.717, 1.165) is 10.2 Å². The summed E-state index contributed by atoms with van der Waals surface area (Å²) < 4.78 is 23.4. The fraction of sp³-hybridized carbons (Fsp3) is 0.556. The lowest BCUT2D eigenvalue weighted by Crippen LogP contribution is -2.41. The van der Waals surface area contributed by atoms with Gasteiger partial charge in [-0.3, -0.25) is 0 Å². The van der Waals surface area contributed by atoms with E-state index in [1.54, 1.807) is 6.20 Å². The first kappa shape index (κ1) is 11.8. The van der Waals surface area contributed by atoms with Crippen LogP contribution in [0.15, 0.2) is 10.7 Å². The highest BCUT2D eigenvalue weighted by molar-refractivity contribution is 9.10. The minimum Gasteiger partial charge on any atom is -0.339 e. The van der Waals surface area contributed by atoms with Crippen molar-refractivity contribution in [1.29, 1.82) is 0 Å². The summed E-state index contributed by atoms with van der Waals surface area (Å²) in [7, 11) is -2.85. The Hall–Kier alpha value is -0.690. The van der Waals surface area contributed by atoms with Gasteiger partial charge in [-0.2, -0.15) is 0 Å². The van der Waals surface area contributed by atoms with Gasteiger partial charge in [0.15, 0.2) is 9.84 Å². The molecule has 0 amide bonds. The fourth-order valence-corrected chi connectivity index (χ4v) is 2.90. The van der Waals surface area contributed by atoms with Gasteiger partial charge in [-0.25, -0.2) is 18.4 Å². The zero-order valence-corrected chi connectivity index (χ0v) is 11.3. The van der Waals surface area contributed by atoms with E-state index < -0.39 is 9.84 Å². The molecule has 1 fully saturated rings. The number of sulfone groups is 1. The normalized spacial score (nSPS) is 19.8. The molecule has 0 N–H and O–H groups in total. The molecular weight excluding hydrogens is 294 g/mol. The summed E-state index contributed by atoms with van der Waals surface area (Å²) in [5.74, 6) is 0.979. The molecule has 1 aliphatic rings. The zero-order chi connectivity index (χ0) is 11.8. The Kier molecular flexibility index (Phi) is 3.16. The Bertz CT molecular complexity index is 489. The maximum atomic E-state index is 11.3. The summed E-state index contributed by atoms with van der Waals surface area (Å²) in [6.07, 6.45) is 1.70. The molecule has 0 aromatic carbocycles. The zero-order valence-electron chi connectivity index (χ0n) is 8.85. The van der Waals surface area contributed by atoms with Crippen molar-refractivity contribution < 1.29 is 8.42 Å². The van der Waals surface area contributed by atoms with Crippen molar-refractivity contribution in [2.45, 2.75) is 6.92 Å². The molecule has 0 aliphatic carbocycles. The van der Waals surface area contributed by atoms with Gasteiger partial charge < -0.3 is 4.90 Å². The predicted molar refractivity (Wildman–Crippen MR) is 65.3 cm³/mol. The van der Waals surface area contributed by atoms with Crippen LogP contribution in [0.4, 0.5) is 5.95 Å². The van der Waals surface area contributed by atoms with Gasteiger partial charge in [-0.15, -0.1) is 0 Å². The van der Waals surface area contributed by atoms with Gasteiger partial charge in [-0.05, 0) is 22.9 Å². The number of anilines is 1. The molecule has 88 valence electrons. The van der Waals surface area contributed by atoms with Gasteiger partial charge in [0, 0.05) is 19.3 Å². The second-order valence-electron chi connectivity index (χ2n) is 3.74. The molecule has 1 aromatic rings. The molecule has 0 spiro atoms. The van der Waals surface area contributed by atoms with E-state index in [4.69, 9.17) is 0 Å². The second-order valence-corrected chi connectivity index (χ2v) is 6.90. The summed E-state index contributed by atoms with van der Waals surface area (Å²) in [4.78, 5) is 10.4. The van der Waals surface area contributed by atoms with Crippen molar-refractivity contribution in [3.63, 3.8) is 0 Å².